The molecule has 0 aliphatic carbocycles. The van der Waals surface area contributed by atoms with Crippen LogP contribution in [0.25, 0.3) is 0 Å². The second-order valence-electron chi connectivity index (χ2n) is 5.01. The number of carbonyl (C=O) groups excluding carboxylic acids is 1. The monoisotopic (exact) mass is 279 g/mol. The Morgan fingerprint density at radius 2 is 1.43 bits per heavy atom. The zero-order valence-corrected chi connectivity index (χ0v) is 12.0. The van der Waals surface area contributed by atoms with Crippen LogP contribution in [0.4, 0.5) is 0 Å². The molecule has 3 heteroatoms. The smallest absolute Gasteiger partial charge is 0.326 e. The summed E-state index contributed by atoms with van der Waals surface area (Å²) in [5.74, 6) is -0.488. The summed E-state index contributed by atoms with van der Waals surface area (Å²) in [6.45, 7) is 0. The van der Waals surface area contributed by atoms with Gasteiger partial charge in [0.25, 0.3) is 0 Å². The van der Waals surface area contributed by atoms with Crippen LogP contribution in [0.1, 0.15) is 11.1 Å². The van der Waals surface area contributed by atoms with Crippen molar-refractivity contribution in [3.63, 3.8) is 0 Å². The number of carbonyl (C=O) groups is 1. The normalized spacial score (nSPS) is 10.7. The minimum Gasteiger partial charge on any atom is -0.468 e. The van der Waals surface area contributed by atoms with Crippen LogP contribution in [0.15, 0.2) is 60.7 Å². The molecular weight excluding hydrogens is 262 g/mol. The van der Waals surface area contributed by atoms with Crippen molar-refractivity contribution in [3.8, 4) is 6.07 Å². The van der Waals surface area contributed by atoms with Gasteiger partial charge in [-0.25, -0.2) is 0 Å². The minimum absolute atomic E-state index is 0.339. The molecular formula is C18H17NO2. The Bertz CT molecular complexity index is 588. The molecule has 0 aliphatic rings. The lowest BCUT2D eigenvalue weighted by atomic mass is 9.78. The maximum absolute atomic E-state index is 12.2. The second-order valence-corrected chi connectivity index (χ2v) is 5.01. The van der Waals surface area contributed by atoms with Crippen LogP contribution in [0.5, 0.6) is 0 Å². The van der Waals surface area contributed by atoms with Gasteiger partial charge in [0.05, 0.1) is 13.2 Å². The minimum atomic E-state index is -1.20. The molecule has 3 nitrogen and oxygen atoms in total. The van der Waals surface area contributed by atoms with Crippen LogP contribution in [-0.2, 0) is 22.4 Å². The molecule has 0 saturated heterocycles. The quantitative estimate of drug-likeness (QED) is 0.790. The predicted molar refractivity (Wildman–Crippen MR) is 80.4 cm³/mol. The number of ether oxygens (including phenoxy) is 1. The highest BCUT2D eigenvalue weighted by atomic mass is 16.5. The molecule has 2 rings (SSSR count). The fraction of sp³-hybridized carbons (Fsp3) is 0.222. The molecule has 106 valence electrons. The highest BCUT2D eigenvalue weighted by Crippen LogP contribution is 2.29. The Balaban J connectivity index is 2.34. The molecule has 2 aromatic rings. The van der Waals surface area contributed by atoms with Gasteiger partial charge in [0.1, 0.15) is 0 Å². The summed E-state index contributed by atoms with van der Waals surface area (Å²) in [4.78, 5) is 12.2. The number of nitriles is 1. The zero-order valence-electron chi connectivity index (χ0n) is 12.0. The highest BCUT2D eigenvalue weighted by Gasteiger charge is 2.40. The molecule has 0 spiro atoms. The van der Waals surface area contributed by atoms with Crippen molar-refractivity contribution in [2.24, 2.45) is 5.41 Å². The molecule has 0 N–H and O–H groups in total. The van der Waals surface area contributed by atoms with Gasteiger partial charge in [-0.1, -0.05) is 60.7 Å². The Morgan fingerprint density at radius 3 is 1.76 bits per heavy atom. The number of benzene rings is 2. The third-order valence-electron chi connectivity index (χ3n) is 3.49. The lowest BCUT2D eigenvalue weighted by Gasteiger charge is -2.24. The van der Waals surface area contributed by atoms with Crippen molar-refractivity contribution in [1.82, 2.24) is 0 Å². The van der Waals surface area contributed by atoms with E-state index < -0.39 is 11.4 Å². The maximum Gasteiger partial charge on any atom is 0.326 e. The van der Waals surface area contributed by atoms with E-state index in [9.17, 15) is 10.1 Å². The molecule has 0 bridgehead atoms. The van der Waals surface area contributed by atoms with Crippen LogP contribution < -0.4 is 0 Å². The van der Waals surface area contributed by atoms with E-state index in [1.807, 2.05) is 60.7 Å². The van der Waals surface area contributed by atoms with E-state index in [4.69, 9.17) is 4.74 Å². The van der Waals surface area contributed by atoms with Gasteiger partial charge in [0.2, 0.25) is 0 Å². The van der Waals surface area contributed by atoms with Crippen molar-refractivity contribution >= 4 is 5.97 Å². The molecule has 2 aromatic carbocycles. The first kappa shape index (κ1) is 14.8. The molecule has 0 atom stereocenters. The van der Waals surface area contributed by atoms with E-state index in [0.717, 1.165) is 11.1 Å². The first-order valence-corrected chi connectivity index (χ1v) is 6.78. The highest BCUT2D eigenvalue weighted by molar-refractivity contribution is 5.80. The Morgan fingerprint density at radius 1 is 1.00 bits per heavy atom. The lowest BCUT2D eigenvalue weighted by Crippen LogP contribution is -2.35. The van der Waals surface area contributed by atoms with Gasteiger partial charge in [-0.2, -0.15) is 5.26 Å². The topological polar surface area (TPSA) is 50.1 Å². The third kappa shape index (κ3) is 3.49. The van der Waals surface area contributed by atoms with Gasteiger partial charge in [0.15, 0.2) is 5.41 Å². The van der Waals surface area contributed by atoms with Crippen molar-refractivity contribution in [2.75, 3.05) is 7.11 Å². The van der Waals surface area contributed by atoms with E-state index in [1.54, 1.807) is 0 Å². The fourth-order valence-corrected chi connectivity index (χ4v) is 2.42. The Kier molecular flexibility index (Phi) is 4.73. The lowest BCUT2D eigenvalue weighted by molar-refractivity contribution is -0.149. The van der Waals surface area contributed by atoms with Gasteiger partial charge >= 0.3 is 5.97 Å². The summed E-state index contributed by atoms with van der Waals surface area (Å²) in [6.07, 6.45) is 0.678. The molecule has 21 heavy (non-hydrogen) atoms. The molecule has 0 fully saturated rings. The van der Waals surface area contributed by atoms with E-state index in [2.05, 4.69) is 6.07 Å². The summed E-state index contributed by atoms with van der Waals surface area (Å²) in [6, 6.07) is 21.3. The number of hydrogen-bond acceptors (Lipinski definition) is 3. The number of hydrogen-bond donors (Lipinski definition) is 0. The first-order chi connectivity index (χ1) is 10.2. The van der Waals surface area contributed by atoms with E-state index in [1.165, 1.54) is 7.11 Å². The van der Waals surface area contributed by atoms with Gasteiger partial charge in [0, 0.05) is 12.8 Å². The Hall–Kier alpha value is -2.60. The van der Waals surface area contributed by atoms with Crippen LogP contribution >= 0.6 is 0 Å². The molecule has 0 saturated carbocycles. The number of nitrogens with zero attached hydrogens (tertiary/aromatic N) is 1. The van der Waals surface area contributed by atoms with Crippen molar-refractivity contribution in [3.05, 3.63) is 71.8 Å². The zero-order chi connectivity index (χ0) is 15.1. The first-order valence-electron chi connectivity index (χ1n) is 6.78. The van der Waals surface area contributed by atoms with Crippen LogP contribution in [0.2, 0.25) is 0 Å². The molecule has 0 unspecified atom stereocenters. The van der Waals surface area contributed by atoms with Crippen LogP contribution in [0.3, 0.4) is 0 Å². The summed E-state index contributed by atoms with van der Waals surface area (Å²) < 4.78 is 4.89. The van der Waals surface area contributed by atoms with E-state index in [0.29, 0.717) is 12.8 Å². The number of methoxy groups -OCH3 is 1. The largest absolute Gasteiger partial charge is 0.468 e. The molecule has 0 heterocycles. The third-order valence-corrected chi connectivity index (χ3v) is 3.49. The van der Waals surface area contributed by atoms with Gasteiger partial charge in [-0.3, -0.25) is 4.79 Å². The molecule has 0 radical (unpaired) electrons. The van der Waals surface area contributed by atoms with E-state index >= 15 is 0 Å². The van der Waals surface area contributed by atoms with Crippen LogP contribution in [0, 0.1) is 16.7 Å². The van der Waals surface area contributed by atoms with Crippen molar-refractivity contribution in [1.29, 1.82) is 5.26 Å². The van der Waals surface area contributed by atoms with E-state index in [-0.39, 0.29) is 0 Å². The fourth-order valence-electron chi connectivity index (χ4n) is 2.42. The maximum atomic E-state index is 12.2. The van der Waals surface area contributed by atoms with Crippen LogP contribution in [-0.4, -0.2) is 13.1 Å². The standard InChI is InChI=1S/C18H17NO2/c1-21-17(20)18(14-19,12-15-8-4-2-5-9-15)13-16-10-6-3-7-11-16/h2-11H,12-13H2,1H3. The average Bonchev–Trinajstić information content (AvgIpc) is 2.55. The molecule has 0 aromatic heterocycles. The molecule has 0 aliphatic heterocycles. The predicted octanol–water partition coefficient (Wildman–Crippen LogP) is 3.15. The summed E-state index contributed by atoms with van der Waals surface area (Å²) >= 11 is 0. The number of rotatable bonds is 5. The van der Waals surface area contributed by atoms with Gasteiger partial charge in [-0.05, 0) is 11.1 Å². The van der Waals surface area contributed by atoms with Crippen molar-refractivity contribution < 1.29 is 9.53 Å². The van der Waals surface area contributed by atoms with Crippen molar-refractivity contribution in [2.45, 2.75) is 12.8 Å². The summed E-state index contributed by atoms with van der Waals surface area (Å²) in [5, 5.41) is 9.65. The Labute approximate surface area is 124 Å². The SMILES string of the molecule is COC(=O)C(C#N)(Cc1ccccc1)Cc1ccccc1. The molecule has 0 amide bonds. The summed E-state index contributed by atoms with van der Waals surface area (Å²) in [7, 11) is 1.32. The van der Waals surface area contributed by atoms with Gasteiger partial charge in [-0.15, -0.1) is 0 Å². The number of esters is 1. The summed E-state index contributed by atoms with van der Waals surface area (Å²) in [5.41, 5.74) is 0.693. The van der Waals surface area contributed by atoms with Gasteiger partial charge < -0.3 is 4.74 Å². The average molecular weight is 279 g/mol. The second kappa shape index (κ2) is 6.71.